The Morgan fingerprint density at radius 3 is 2.57 bits per heavy atom. The van der Waals surface area contributed by atoms with Crippen molar-refractivity contribution in [1.29, 1.82) is 0 Å². The van der Waals surface area contributed by atoms with Crippen LogP contribution in [-0.4, -0.2) is 22.6 Å². The molecule has 1 aromatic heterocycles. The van der Waals surface area contributed by atoms with Gasteiger partial charge in [-0.15, -0.1) is 0 Å². The number of anilines is 3. The van der Waals surface area contributed by atoms with Crippen molar-refractivity contribution in [2.75, 3.05) is 17.2 Å². The highest BCUT2D eigenvalue weighted by atomic mass is 16.5. The van der Waals surface area contributed by atoms with E-state index in [2.05, 4.69) is 27.5 Å². The molecule has 0 amide bonds. The molecular formula is C18H26N4O. The molecule has 0 bridgehead atoms. The van der Waals surface area contributed by atoms with Gasteiger partial charge < -0.3 is 15.4 Å². The summed E-state index contributed by atoms with van der Waals surface area (Å²) in [6.45, 7) is 7.13. The van der Waals surface area contributed by atoms with Crippen molar-refractivity contribution >= 4 is 17.5 Å². The monoisotopic (exact) mass is 314 g/mol. The van der Waals surface area contributed by atoms with Gasteiger partial charge >= 0.3 is 0 Å². The van der Waals surface area contributed by atoms with Gasteiger partial charge in [-0.05, 0) is 50.6 Å². The van der Waals surface area contributed by atoms with Crippen LogP contribution in [0, 0.1) is 0 Å². The number of unbranched alkanes of at least 4 members (excludes halogenated alkanes) is 2. The van der Waals surface area contributed by atoms with E-state index >= 15 is 0 Å². The third kappa shape index (κ3) is 6.14. The molecule has 1 heterocycles. The minimum Gasteiger partial charge on any atom is -0.491 e. The number of nitrogens with zero attached hydrogens (tertiary/aromatic N) is 2. The molecule has 0 saturated heterocycles. The van der Waals surface area contributed by atoms with Crippen LogP contribution < -0.4 is 15.4 Å². The number of ether oxygens (including phenoxy) is 1. The van der Waals surface area contributed by atoms with E-state index in [0.717, 1.165) is 30.2 Å². The second kappa shape index (κ2) is 8.98. The van der Waals surface area contributed by atoms with Gasteiger partial charge in [0.25, 0.3) is 0 Å². The number of rotatable bonds is 9. The molecule has 0 aliphatic carbocycles. The third-order valence-corrected chi connectivity index (χ3v) is 3.22. The van der Waals surface area contributed by atoms with Crippen LogP contribution >= 0.6 is 0 Å². The molecule has 0 aliphatic rings. The normalized spacial score (nSPS) is 10.6. The zero-order valence-electron chi connectivity index (χ0n) is 14.2. The van der Waals surface area contributed by atoms with Crippen LogP contribution in [0.1, 0.15) is 40.0 Å². The van der Waals surface area contributed by atoms with Crippen LogP contribution in [0.3, 0.4) is 0 Å². The van der Waals surface area contributed by atoms with Crippen molar-refractivity contribution in [3.8, 4) is 5.75 Å². The van der Waals surface area contributed by atoms with Gasteiger partial charge in [-0.2, -0.15) is 4.98 Å². The van der Waals surface area contributed by atoms with E-state index in [1.165, 1.54) is 12.8 Å². The van der Waals surface area contributed by atoms with Gasteiger partial charge in [-0.3, -0.25) is 0 Å². The maximum atomic E-state index is 5.64. The summed E-state index contributed by atoms with van der Waals surface area (Å²) in [5.41, 5.74) is 0.969. The summed E-state index contributed by atoms with van der Waals surface area (Å²) in [5, 5.41) is 6.53. The summed E-state index contributed by atoms with van der Waals surface area (Å²) < 4.78 is 5.64. The first-order valence-electron chi connectivity index (χ1n) is 8.28. The predicted octanol–water partition coefficient (Wildman–Crippen LogP) is 4.61. The molecule has 0 radical (unpaired) electrons. The maximum Gasteiger partial charge on any atom is 0.224 e. The van der Waals surface area contributed by atoms with Gasteiger partial charge in [0.1, 0.15) is 11.6 Å². The lowest BCUT2D eigenvalue weighted by molar-refractivity contribution is 0.242. The molecule has 124 valence electrons. The fourth-order valence-electron chi connectivity index (χ4n) is 2.13. The van der Waals surface area contributed by atoms with Crippen LogP contribution in [0.2, 0.25) is 0 Å². The van der Waals surface area contributed by atoms with Gasteiger partial charge in [0.05, 0.1) is 6.10 Å². The Bertz CT molecular complexity index is 584. The topological polar surface area (TPSA) is 59.1 Å². The number of nitrogens with one attached hydrogen (secondary N) is 2. The smallest absolute Gasteiger partial charge is 0.224 e. The van der Waals surface area contributed by atoms with Crippen molar-refractivity contribution in [2.45, 2.75) is 46.1 Å². The average Bonchev–Trinajstić information content (AvgIpc) is 2.53. The van der Waals surface area contributed by atoms with Gasteiger partial charge in [0, 0.05) is 18.4 Å². The standard InChI is InChI=1S/C18H26N4O/c1-4-5-6-12-19-18-20-13-11-17(22-18)21-15-7-9-16(10-8-15)23-14(2)3/h7-11,13-14H,4-6,12H2,1-3H3,(H2,19,20,21,22). The summed E-state index contributed by atoms with van der Waals surface area (Å²) in [4.78, 5) is 8.72. The fraction of sp³-hybridized carbons (Fsp3) is 0.444. The van der Waals surface area contributed by atoms with Crippen molar-refractivity contribution in [2.24, 2.45) is 0 Å². The van der Waals surface area contributed by atoms with Gasteiger partial charge in [-0.1, -0.05) is 19.8 Å². The van der Waals surface area contributed by atoms with E-state index in [0.29, 0.717) is 5.95 Å². The number of benzene rings is 1. The third-order valence-electron chi connectivity index (χ3n) is 3.22. The fourth-order valence-corrected chi connectivity index (χ4v) is 2.13. The minimum atomic E-state index is 0.178. The summed E-state index contributed by atoms with van der Waals surface area (Å²) in [6, 6.07) is 9.72. The van der Waals surface area contributed by atoms with Crippen LogP contribution in [-0.2, 0) is 0 Å². The number of hydrogen-bond donors (Lipinski definition) is 2. The molecule has 0 fully saturated rings. The van der Waals surface area contributed by atoms with E-state index in [-0.39, 0.29) is 6.10 Å². The second-order valence-corrected chi connectivity index (χ2v) is 5.72. The van der Waals surface area contributed by atoms with Gasteiger partial charge in [0.15, 0.2) is 0 Å². The summed E-state index contributed by atoms with van der Waals surface area (Å²) in [6.07, 6.45) is 5.50. The van der Waals surface area contributed by atoms with E-state index in [1.54, 1.807) is 6.20 Å². The lowest BCUT2D eigenvalue weighted by Gasteiger charge is -2.11. The van der Waals surface area contributed by atoms with Gasteiger partial charge in [-0.25, -0.2) is 4.98 Å². The zero-order valence-corrected chi connectivity index (χ0v) is 14.2. The molecule has 0 atom stereocenters. The molecule has 0 aliphatic heterocycles. The van der Waals surface area contributed by atoms with Crippen molar-refractivity contribution in [1.82, 2.24) is 9.97 Å². The Morgan fingerprint density at radius 2 is 1.87 bits per heavy atom. The number of hydrogen-bond acceptors (Lipinski definition) is 5. The molecule has 2 N–H and O–H groups in total. The lowest BCUT2D eigenvalue weighted by atomic mass is 10.2. The highest BCUT2D eigenvalue weighted by Gasteiger charge is 2.01. The molecule has 1 aromatic carbocycles. The largest absolute Gasteiger partial charge is 0.491 e. The van der Waals surface area contributed by atoms with E-state index in [9.17, 15) is 0 Å². The predicted molar refractivity (Wildman–Crippen MR) is 95.5 cm³/mol. The Balaban J connectivity index is 1.91. The quantitative estimate of drug-likeness (QED) is 0.662. The highest BCUT2D eigenvalue weighted by Crippen LogP contribution is 2.20. The molecule has 2 aromatic rings. The van der Waals surface area contributed by atoms with Crippen LogP contribution in [0.25, 0.3) is 0 Å². The first kappa shape index (κ1) is 17.1. The Labute approximate surface area is 138 Å². The van der Waals surface area contributed by atoms with Crippen LogP contribution in [0.15, 0.2) is 36.5 Å². The molecule has 0 unspecified atom stereocenters. The van der Waals surface area contributed by atoms with E-state index < -0.39 is 0 Å². The molecule has 2 rings (SSSR count). The Kier molecular flexibility index (Phi) is 6.66. The molecule has 23 heavy (non-hydrogen) atoms. The second-order valence-electron chi connectivity index (χ2n) is 5.72. The van der Waals surface area contributed by atoms with E-state index in [1.807, 2.05) is 44.2 Å². The highest BCUT2D eigenvalue weighted by molar-refractivity contribution is 5.57. The Morgan fingerprint density at radius 1 is 1.09 bits per heavy atom. The maximum absolute atomic E-state index is 5.64. The molecule has 5 nitrogen and oxygen atoms in total. The lowest BCUT2D eigenvalue weighted by Crippen LogP contribution is -2.06. The van der Waals surface area contributed by atoms with Crippen LogP contribution in [0.5, 0.6) is 5.75 Å². The zero-order chi connectivity index (χ0) is 16.5. The average molecular weight is 314 g/mol. The van der Waals surface area contributed by atoms with Gasteiger partial charge in [0.2, 0.25) is 5.95 Å². The van der Waals surface area contributed by atoms with E-state index in [4.69, 9.17) is 4.74 Å². The summed E-state index contributed by atoms with van der Waals surface area (Å²) in [7, 11) is 0. The molecule has 5 heteroatoms. The summed E-state index contributed by atoms with van der Waals surface area (Å²) >= 11 is 0. The van der Waals surface area contributed by atoms with Crippen molar-refractivity contribution < 1.29 is 4.74 Å². The number of aromatic nitrogens is 2. The first-order chi connectivity index (χ1) is 11.2. The summed E-state index contributed by atoms with van der Waals surface area (Å²) in [5.74, 6) is 2.30. The SMILES string of the molecule is CCCCCNc1nccc(Nc2ccc(OC(C)C)cc2)n1. The van der Waals surface area contributed by atoms with Crippen LogP contribution in [0.4, 0.5) is 17.5 Å². The first-order valence-corrected chi connectivity index (χ1v) is 8.28. The molecule has 0 saturated carbocycles. The van der Waals surface area contributed by atoms with Crippen molar-refractivity contribution in [3.63, 3.8) is 0 Å². The molecule has 0 spiro atoms. The Hall–Kier alpha value is -2.30. The van der Waals surface area contributed by atoms with Crippen molar-refractivity contribution in [3.05, 3.63) is 36.5 Å². The molecular weight excluding hydrogens is 288 g/mol. The minimum absolute atomic E-state index is 0.178.